The Morgan fingerprint density at radius 1 is 1.11 bits per heavy atom. The zero-order chi connectivity index (χ0) is 14.1. The maximum absolute atomic E-state index is 12.8. The first kappa shape index (κ1) is 14.4. The van der Waals surface area contributed by atoms with E-state index in [0.717, 1.165) is 12.1 Å². The van der Waals surface area contributed by atoms with Gasteiger partial charge in [-0.1, -0.05) is 0 Å². The third-order valence-corrected chi connectivity index (χ3v) is 1.80. The molecule has 2 N–H and O–H groups in total. The molecule has 1 aromatic rings. The van der Waals surface area contributed by atoms with Crippen LogP contribution >= 0.6 is 0 Å². The number of nitrogen functional groups attached to an aromatic ring is 1. The van der Waals surface area contributed by atoms with E-state index in [1.165, 1.54) is 0 Å². The van der Waals surface area contributed by atoms with E-state index < -0.39 is 35.7 Å². The lowest BCUT2D eigenvalue weighted by atomic mass is 10.3. The molecule has 0 aliphatic carbocycles. The second-order valence-electron chi connectivity index (χ2n) is 3.25. The Morgan fingerprint density at radius 3 is 2.17 bits per heavy atom. The van der Waals surface area contributed by atoms with Gasteiger partial charge in [-0.15, -0.1) is 0 Å². The van der Waals surface area contributed by atoms with Gasteiger partial charge in [-0.2, -0.15) is 22.0 Å². The molecule has 1 rings (SSSR count). The first-order chi connectivity index (χ1) is 8.04. The maximum atomic E-state index is 12.8. The van der Waals surface area contributed by atoms with Gasteiger partial charge >= 0.3 is 12.3 Å². The van der Waals surface area contributed by atoms with Crippen LogP contribution < -0.4 is 10.5 Å². The van der Waals surface area contributed by atoms with Gasteiger partial charge in [0.2, 0.25) is 0 Å². The van der Waals surface area contributed by atoms with Crippen molar-refractivity contribution in [1.29, 1.82) is 0 Å². The van der Waals surface area contributed by atoms with Crippen molar-refractivity contribution in [2.45, 2.75) is 18.5 Å². The summed E-state index contributed by atoms with van der Waals surface area (Å²) in [6, 6.07) is 1.89. The second-order valence-corrected chi connectivity index (χ2v) is 3.25. The molecular weight excluding hydrogens is 271 g/mol. The number of benzene rings is 1. The molecule has 2 nitrogen and oxygen atoms in total. The zero-order valence-corrected chi connectivity index (χ0v) is 8.44. The molecule has 18 heavy (non-hydrogen) atoms. The molecule has 0 saturated heterocycles. The number of anilines is 1. The number of hydrogen-bond acceptors (Lipinski definition) is 2. The smallest absolute Gasteiger partial charge is 0.428 e. The minimum absolute atomic E-state index is 0.326. The van der Waals surface area contributed by atoms with Crippen molar-refractivity contribution in [3.8, 4) is 5.75 Å². The minimum atomic E-state index is -5.81. The minimum Gasteiger partial charge on any atom is -0.428 e. The van der Waals surface area contributed by atoms with Crippen LogP contribution in [0.5, 0.6) is 5.75 Å². The number of nitrogens with two attached hydrogens (primary N) is 1. The Hall–Kier alpha value is -1.67. The average Bonchev–Trinajstić information content (AvgIpc) is 2.20. The number of rotatable bonds is 3. The fraction of sp³-hybridized carbons (Fsp3) is 0.333. The lowest BCUT2D eigenvalue weighted by molar-refractivity contribution is -0.304. The molecule has 1 unspecified atom stereocenters. The van der Waals surface area contributed by atoms with Crippen molar-refractivity contribution in [1.82, 2.24) is 0 Å². The van der Waals surface area contributed by atoms with E-state index in [0.29, 0.717) is 6.07 Å². The summed E-state index contributed by atoms with van der Waals surface area (Å²) >= 11 is 0. The highest BCUT2D eigenvalue weighted by molar-refractivity contribution is 5.52. The van der Waals surface area contributed by atoms with E-state index >= 15 is 0 Å². The van der Waals surface area contributed by atoms with E-state index in [-0.39, 0.29) is 0 Å². The van der Waals surface area contributed by atoms with Crippen LogP contribution in [0, 0.1) is 5.82 Å². The predicted molar refractivity (Wildman–Crippen MR) is 47.3 cm³/mol. The third-order valence-electron chi connectivity index (χ3n) is 1.80. The van der Waals surface area contributed by atoms with Gasteiger partial charge in [0.1, 0.15) is 5.82 Å². The number of hydrogen-bond donors (Lipinski definition) is 1. The summed E-state index contributed by atoms with van der Waals surface area (Å²) in [5, 5.41) is 0. The number of ether oxygens (including phenoxy) is 1. The molecule has 0 saturated carbocycles. The number of halogens is 7. The first-order valence-electron chi connectivity index (χ1n) is 4.36. The molecule has 0 amide bonds. The summed E-state index contributed by atoms with van der Waals surface area (Å²) in [6.07, 6.45) is -15.6. The fourth-order valence-corrected chi connectivity index (χ4v) is 0.985. The summed E-state index contributed by atoms with van der Waals surface area (Å²) in [5.74, 6) is -2.15. The Labute approximate surface area is 96.1 Å². The number of alkyl halides is 6. The van der Waals surface area contributed by atoms with Crippen LogP contribution in [0.4, 0.5) is 36.4 Å². The van der Waals surface area contributed by atoms with Crippen LogP contribution in [-0.4, -0.2) is 18.5 Å². The van der Waals surface area contributed by atoms with Gasteiger partial charge < -0.3 is 10.5 Å². The van der Waals surface area contributed by atoms with Crippen LogP contribution in [0.3, 0.4) is 0 Å². The van der Waals surface area contributed by atoms with Gasteiger partial charge in [0, 0.05) is 6.07 Å². The van der Waals surface area contributed by atoms with Crippen LogP contribution in [-0.2, 0) is 0 Å². The molecular formula is C9H6F7NO. The van der Waals surface area contributed by atoms with Crippen LogP contribution in [0.15, 0.2) is 18.2 Å². The topological polar surface area (TPSA) is 35.2 Å². The van der Waals surface area contributed by atoms with Gasteiger partial charge in [-0.3, -0.25) is 0 Å². The summed E-state index contributed by atoms with van der Waals surface area (Å²) in [6.45, 7) is 0. The van der Waals surface area contributed by atoms with Gasteiger partial charge in [-0.05, 0) is 12.1 Å². The lowest BCUT2D eigenvalue weighted by Crippen LogP contribution is -2.45. The normalized spacial score (nSPS) is 14.4. The molecule has 0 aliphatic heterocycles. The summed E-state index contributed by atoms with van der Waals surface area (Å²) in [7, 11) is 0. The quantitative estimate of drug-likeness (QED) is 0.679. The van der Waals surface area contributed by atoms with E-state index in [2.05, 4.69) is 4.74 Å². The van der Waals surface area contributed by atoms with Crippen molar-refractivity contribution >= 4 is 5.69 Å². The van der Waals surface area contributed by atoms with E-state index in [9.17, 15) is 30.7 Å². The van der Waals surface area contributed by atoms with Crippen LogP contribution in [0.25, 0.3) is 0 Å². The molecule has 1 atom stereocenters. The van der Waals surface area contributed by atoms with Crippen molar-refractivity contribution < 1.29 is 35.5 Å². The van der Waals surface area contributed by atoms with Crippen molar-refractivity contribution in [2.24, 2.45) is 0 Å². The van der Waals surface area contributed by atoms with Gasteiger partial charge in [0.15, 0.2) is 5.75 Å². The highest BCUT2D eigenvalue weighted by Crippen LogP contribution is 2.38. The Morgan fingerprint density at radius 2 is 1.67 bits per heavy atom. The van der Waals surface area contributed by atoms with Crippen molar-refractivity contribution in [3.05, 3.63) is 24.0 Å². The van der Waals surface area contributed by atoms with Crippen molar-refractivity contribution in [2.75, 3.05) is 5.73 Å². The molecule has 0 aliphatic rings. The standard InChI is InChI=1S/C9H6F7NO/c10-4-1-2-5(17)6(3-4)18-9(15,16)7(11)8(12,13)14/h1-3,7H,17H2. The van der Waals surface area contributed by atoms with Crippen LogP contribution in [0.1, 0.15) is 0 Å². The summed E-state index contributed by atoms with van der Waals surface area (Å²) < 4.78 is 89.6. The van der Waals surface area contributed by atoms with E-state index in [1.807, 2.05) is 0 Å². The highest BCUT2D eigenvalue weighted by Gasteiger charge is 2.59. The van der Waals surface area contributed by atoms with Crippen molar-refractivity contribution in [3.63, 3.8) is 0 Å². The Bertz CT molecular complexity index is 431. The molecule has 0 heterocycles. The largest absolute Gasteiger partial charge is 0.439 e. The lowest BCUT2D eigenvalue weighted by Gasteiger charge is -2.23. The monoisotopic (exact) mass is 277 g/mol. The zero-order valence-electron chi connectivity index (χ0n) is 8.44. The molecule has 0 fully saturated rings. The van der Waals surface area contributed by atoms with E-state index in [1.54, 1.807) is 0 Å². The third kappa shape index (κ3) is 3.17. The summed E-state index contributed by atoms with van der Waals surface area (Å²) in [4.78, 5) is 0. The van der Waals surface area contributed by atoms with Gasteiger partial charge in [0.25, 0.3) is 6.17 Å². The first-order valence-corrected chi connectivity index (χ1v) is 4.36. The predicted octanol–water partition coefficient (Wildman–Crippen LogP) is 3.28. The molecule has 0 bridgehead atoms. The van der Waals surface area contributed by atoms with Gasteiger partial charge in [-0.25, -0.2) is 8.78 Å². The van der Waals surface area contributed by atoms with Crippen LogP contribution in [0.2, 0.25) is 0 Å². The highest BCUT2D eigenvalue weighted by atomic mass is 19.4. The molecule has 0 spiro atoms. The Balaban J connectivity index is 2.98. The molecule has 0 radical (unpaired) electrons. The fourth-order valence-electron chi connectivity index (χ4n) is 0.985. The Kier molecular flexibility index (Phi) is 3.63. The molecule has 9 heteroatoms. The SMILES string of the molecule is Nc1ccc(F)cc1OC(F)(F)C(F)C(F)(F)F. The average molecular weight is 277 g/mol. The molecule has 0 aromatic heterocycles. The molecule has 1 aromatic carbocycles. The summed E-state index contributed by atoms with van der Waals surface area (Å²) in [5.41, 5.74) is 4.53. The molecule has 102 valence electrons. The second kappa shape index (κ2) is 4.54. The maximum Gasteiger partial charge on any atom is 0.439 e. The van der Waals surface area contributed by atoms with Gasteiger partial charge in [0.05, 0.1) is 5.69 Å². The van der Waals surface area contributed by atoms with E-state index in [4.69, 9.17) is 5.73 Å².